The van der Waals surface area contributed by atoms with Gasteiger partial charge in [0.1, 0.15) is 11.5 Å². The van der Waals surface area contributed by atoms with Crippen molar-refractivity contribution in [2.45, 2.75) is 42.4 Å². The molecule has 1 aliphatic heterocycles. The number of ketones is 1. The zero-order valence-electron chi connectivity index (χ0n) is 18.5. The fraction of sp³-hybridized carbons (Fsp3) is 0.280. The number of nitrogens with one attached hydrogen (secondary N) is 2. The van der Waals surface area contributed by atoms with Gasteiger partial charge in [0, 0.05) is 23.9 Å². The number of Topliss-reactive ketones (excluding diaryl/α,β-unsaturated/α-hetero) is 1. The van der Waals surface area contributed by atoms with E-state index in [-0.39, 0.29) is 24.2 Å². The number of imidazole rings is 1. The summed E-state index contributed by atoms with van der Waals surface area (Å²) in [6.45, 7) is 2.04. The van der Waals surface area contributed by atoms with Crippen LogP contribution >= 0.6 is 11.8 Å². The lowest BCUT2D eigenvalue weighted by molar-refractivity contribution is -0.122. The van der Waals surface area contributed by atoms with E-state index in [1.807, 2.05) is 36.4 Å². The summed E-state index contributed by atoms with van der Waals surface area (Å²) in [5, 5.41) is 1.40. The minimum absolute atomic E-state index is 0.155. The number of hydrogen-bond donors (Lipinski definition) is 2. The monoisotopic (exact) mass is 474 g/mol. The van der Waals surface area contributed by atoms with Crippen LogP contribution in [0.5, 0.6) is 0 Å². The van der Waals surface area contributed by atoms with E-state index in [0.29, 0.717) is 28.7 Å². The van der Waals surface area contributed by atoms with Crippen LogP contribution in [0.1, 0.15) is 53.9 Å². The smallest absolute Gasteiger partial charge is 0.357 e. The maximum absolute atomic E-state index is 13.0. The largest absolute Gasteiger partial charge is 0.461 e. The van der Waals surface area contributed by atoms with Gasteiger partial charge in [-0.05, 0) is 55.8 Å². The highest BCUT2D eigenvalue weighted by atomic mass is 32.2. The summed E-state index contributed by atoms with van der Waals surface area (Å²) in [6.07, 6.45) is 3.76. The quantitative estimate of drug-likeness (QED) is 0.375. The van der Waals surface area contributed by atoms with Gasteiger partial charge >= 0.3 is 5.97 Å². The molecule has 4 heterocycles. The molecule has 172 valence electrons. The van der Waals surface area contributed by atoms with Gasteiger partial charge in [-0.3, -0.25) is 9.79 Å². The first-order valence-corrected chi connectivity index (χ1v) is 12.1. The Morgan fingerprint density at radius 3 is 2.94 bits per heavy atom. The molecule has 0 spiro atoms. The second-order valence-electron chi connectivity index (χ2n) is 8.38. The number of rotatable bonds is 5. The third kappa shape index (κ3) is 3.47. The number of benzene rings is 1. The van der Waals surface area contributed by atoms with Crippen molar-refractivity contribution in [1.29, 1.82) is 0 Å². The zero-order chi connectivity index (χ0) is 23.2. The Morgan fingerprint density at radius 1 is 1.21 bits per heavy atom. The van der Waals surface area contributed by atoms with Crippen LogP contribution in [-0.4, -0.2) is 39.0 Å². The minimum Gasteiger partial charge on any atom is -0.461 e. The molecule has 0 saturated heterocycles. The van der Waals surface area contributed by atoms with Crippen molar-refractivity contribution in [3.8, 4) is 0 Å². The molecule has 34 heavy (non-hydrogen) atoms. The standard InChI is InChI=1S/C25H22N4O4S/c1-2-32-24(31)23-22-13(12-26-23)20(21-16(27-22)8-5-9-17(21)30)18-10-11-19(33-18)34-25-28-14-6-3-4-7-15(14)29-25/h3-4,6-7,10-12,20-21,26H,2,5,8-9H2,1H3,(H,28,29)/t20-,21?/m0/s1. The van der Waals surface area contributed by atoms with Gasteiger partial charge < -0.3 is 19.1 Å². The molecule has 0 radical (unpaired) electrons. The number of furan rings is 1. The minimum atomic E-state index is -0.451. The maximum atomic E-state index is 13.0. The Kier molecular flexibility index (Phi) is 5.13. The van der Waals surface area contributed by atoms with Gasteiger partial charge in [0.2, 0.25) is 0 Å². The molecule has 0 bridgehead atoms. The van der Waals surface area contributed by atoms with Gasteiger partial charge in [-0.15, -0.1) is 0 Å². The number of carbonyl (C=O) groups is 2. The summed E-state index contributed by atoms with van der Waals surface area (Å²) >= 11 is 1.40. The molecule has 0 amide bonds. The van der Waals surface area contributed by atoms with Gasteiger partial charge in [0.15, 0.2) is 15.9 Å². The van der Waals surface area contributed by atoms with Gasteiger partial charge in [0.05, 0.1) is 35.2 Å². The van der Waals surface area contributed by atoms with Crippen LogP contribution in [0.4, 0.5) is 5.69 Å². The molecule has 8 nitrogen and oxygen atoms in total. The van der Waals surface area contributed by atoms with Crippen molar-refractivity contribution in [1.82, 2.24) is 15.0 Å². The Morgan fingerprint density at radius 2 is 2.09 bits per heavy atom. The molecule has 6 rings (SSSR count). The second-order valence-corrected chi connectivity index (χ2v) is 9.38. The zero-order valence-corrected chi connectivity index (χ0v) is 19.3. The number of nitrogens with zero attached hydrogens (tertiary/aromatic N) is 2. The van der Waals surface area contributed by atoms with Crippen LogP contribution in [0.15, 0.2) is 62.3 Å². The Balaban J connectivity index is 1.37. The van der Waals surface area contributed by atoms with Crippen LogP contribution in [0.2, 0.25) is 0 Å². The number of para-hydroxylation sites is 2. The van der Waals surface area contributed by atoms with Crippen LogP contribution < -0.4 is 0 Å². The van der Waals surface area contributed by atoms with Crippen molar-refractivity contribution in [2.75, 3.05) is 6.61 Å². The lowest BCUT2D eigenvalue weighted by atomic mass is 9.72. The normalized spacial score (nSPS) is 19.6. The number of H-pyrrole nitrogens is 2. The summed E-state index contributed by atoms with van der Waals surface area (Å²) < 4.78 is 11.5. The predicted octanol–water partition coefficient (Wildman–Crippen LogP) is 5.40. The highest BCUT2D eigenvalue weighted by Crippen LogP contribution is 2.48. The Labute approximate surface area is 199 Å². The molecule has 1 aromatic carbocycles. The van der Waals surface area contributed by atoms with Crippen LogP contribution in [-0.2, 0) is 9.53 Å². The molecule has 1 fully saturated rings. The molecule has 2 aliphatic rings. The van der Waals surface area contributed by atoms with E-state index in [1.165, 1.54) is 11.8 Å². The molecule has 2 N–H and O–H groups in total. The lowest BCUT2D eigenvalue weighted by Gasteiger charge is -2.32. The number of hydrogen-bond acceptors (Lipinski definition) is 7. The third-order valence-corrected chi connectivity index (χ3v) is 7.13. The summed E-state index contributed by atoms with van der Waals surface area (Å²) in [6, 6.07) is 11.6. The number of aromatic amines is 2. The first-order chi connectivity index (χ1) is 16.6. The topological polar surface area (TPSA) is 113 Å². The van der Waals surface area contributed by atoms with Gasteiger partial charge in [-0.25, -0.2) is 9.78 Å². The lowest BCUT2D eigenvalue weighted by Crippen LogP contribution is -2.36. The van der Waals surface area contributed by atoms with Gasteiger partial charge in [-0.1, -0.05) is 12.1 Å². The number of esters is 1. The Hall–Kier alpha value is -3.59. The van der Waals surface area contributed by atoms with E-state index in [4.69, 9.17) is 14.1 Å². The molecular formula is C25H22N4O4S. The summed E-state index contributed by atoms with van der Waals surface area (Å²) in [4.78, 5) is 41.2. The van der Waals surface area contributed by atoms with Crippen molar-refractivity contribution in [3.63, 3.8) is 0 Å². The van der Waals surface area contributed by atoms with Crippen molar-refractivity contribution in [2.24, 2.45) is 10.9 Å². The molecule has 2 atom stereocenters. The molecule has 1 aliphatic carbocycles. The van der Waals surface area contributed by atoms with E-state index in [9.17, 15) is 9.59 Å². The van der Waals surface area contributed by atoms with Gasteiger partial charge in [0.25, 0.3) is 0 Å². The van der Waals surface area contributed by atoms with E-state index in [2.05, 4.69) is 15.0 Å². The maximum Gasteiger partial charge on any atom is 0.357 e. The number of aromatic nitrogens is 3. The van der Waals surface area contributed by atoms with Crippen LogP contribution in [0, 0.1) is 5.92 Å². The first-order valence-electron chi connectivity index (χ1n) is 11.3. The second kappa shape index (κ2) is 8.32. The predicted molar refractivity (Wildman–Crippen MR) is 127 cm³/mol. The molecule has 9 heteroatoms. The average Bonchev–Trinajstić information content (AvgIpc) is 3.56. The highest BCUT2D eigenvalue weighted by Gasteiger charge is 2.44. The first kappa shape index (κ1) is 21.0. The van der Waals surface area contributed by atoms with Crippen LogP contribution in [0.25, 0.3) is 11.0 Å². The Bertz CT molecular complexity index is 1410. The molecule has 1 saturated carbocycles. The summed E-state index contributed by atoms with van der Waals surface area (Å²) in [7, 11) is 0. The highest BCUT2D eigenvalue weighted by molar-refractivity contribution is 7.99. The van der Waals surface area contributed by atoms with Gasteiger partial charge in [-0.2, -0.15) is 0 Å². The summed E-state index contributed by atoms with van der Waals surface area (Å²) in [5.41, 5.74) is 4.30. The van der Waals surface area contributed by atoms with Crippen molar-refractivity contribution >= 4 is 45.9 Å². The van der Waals surface area contributed by atoms with E-state index in [1.54, 1.807) is 13.1 Å². The van der Waals surface area contributed by atoms with E-state index < -0.39 is 5.97 Å². The molecular weight excluding hydrogens is 452 g/mol. The van der Waals surface area contributed by atoms with E-state index in [0.717, 1.165) is 40.3 Å². The number of fused-ring (bicyclic) bond motifs is 3. The van der Waals surface area contributed by atoms with Crippen LogP contribution in [0.3, 0.4) is 0 Å². The van der Waals surface area contributed by atoms with Crippen molar-refractivity contribution in [3.05, 3.63) is 59.6 Å². The number of aliphatic imine (C=N–C) groups is 1. The SMILES string of the molecule is CCOC(=O)c1[nH]cc2c1N=C1CCCC(=O)C1[C@@H]2c1ccc(Sc2nc3ccccc3[nH]2)o1. The number of carbonyl (C=O) groups excluding carboxylic acids is 2. The fourth-order valence-electron chi connectivity index (χ4n) is 4.86. The molecule has 1 unspecified atom stereocenters. The third-order valence-electron chi connectivity index (χ3n) is 6.32. The van der Waals surface area contributed by atoms with E-state index >= 15 is 0 Å². The van der Waals surface area contributed by atoms with Crippen molar-refractivity contribution < 1.29 is 18.7 Å². The summed E-state index contributed by atoms with van der Waals surface area (Å²) in [5.74, 6) is -0.362. The molecule has 3 aromatic heterocycles. The average molecular weight is 475 g/mol. The fourth-order valence-corrected chi connectivity index (χ4v) is 5.63. The number of ether oxygens (including phenoxy) is 1. The molecule has 4 aromatic rings.